The molecule has 0 aliphatic carbocycles. The Bertz CT molecular complexity index is 1020. The van der Waals surface area contributed by atoms with Crippen LogP contribution >= 0.6 is 0 Å². The molecule has 8 nitrogen and oxygen atoms in total. The van der Waals surface area contributed by atoms with Gasteiger partial charge in [0.1, 0.15) is 18.2 Å². The van der Waals surface area contributed by atoms with Crippen LogP contribution < -0.4 is 15.4 Å². The Balaban J connectivity index is 1.77. The zero-order chi connectivity index (χ0) is 21.0. The van der Waals surface area contributed by atoms with Crippen LogP contribution in [-0.2, 0) is 4.74 Å². The minimum absolute atomic E-state index is 0.00696. The third-order valence-corrected chi connectivity index (χ3v) is 3.93. The van der Waals surface area contributed by atoms with Crippen molar-refractivity contribution in [3.05, 3.63) is 42.1 Å². The first-order chi connectivity index (χ1) is 13.9. The van der Waals surface area contributed by atoms with Gasteiger partial charge in [-0.1, -0.05) is 0 Å². The van der Waals surface area contributed by atoms with E-state index in [1.165, 1.54) is 17.8 Å². The van der Waals surface area contributed by atoms with Crippen LogP contribution in [0.3, 0.4) is 0 Å². The van der Waals surface area contributed by atoms with Crippen LogP contribution in [0.5, 0.6) is 5.75 Å². The lowest BCUT2D eigenvalue weighted by Gasteiger charge is -2.11. The van der Waals surface area contributed by atoms with Gasteiger partial charge in [0.05, 0.1) is 25.5 Å². The number of carbonyl (C=O) groups is 1. The van der Waals surface area contributed by atoms with Gasteiger partial charge in [-0.2, -0.15) is 0 Å². The molecule has 0 unspecified atom stereocenters. The molecule has 0 radical (unpaired) electrons. The number of benzene rings is 1. The van der Waals surface area contributed by atoms with Crippen molar-refractivity contribution >= 4 is 17.6 Å². The average Bonchev–Trinajstić information content (AvgIpc) is 3.09. The zero-order valence-electron chi connectivity index (χ0n) is 16.2. The SMILES string of the molecule is COc1cc(F)c(F)cc1-c1cnc2ccc(NCCOC(=O)NC(C)C)nn12. The highest BCUT2D eigenvalue weighted by molar-refractivity contribution is 5.70. The highest BCUT2D eigenvalue weighted by Gasteiger charge is 2.16. The summed E-state index contributed by atoms with van der Waals surface area (Å²) in [5.41, 5.74) is 1.27. The average molecular weight is 405 g/mol. The van der Waals surface area contributed by atoms with E-state index in [1.54, 1.807) is 12.1 Å². The predicted molar refractivity (Wildman–Crippen MR) is 103 cm³/mol. The van der Waals surface area contributed by atoms with Crippen molar-refractivity contribution in [2.45, 2.75) is 19.9 Å². The number of methoxy groups -OCH3 is 1. The first-order valence-corrected chi connectivity index (χ1v) is 8.94. The number of nitrogens with zero attached hydrogens (tertiary/aromatic N) is 3. The Morgan fingerprint density at radius 1 is 1.24 bits per heavy atom. The minimum Gasteiger partial charge on any atom is -0.496 e. The van der Waals surface area contributed by atoms with Gasteiger partial charge in [-0.15, -0.1) is 5.10 Å². The molecule has 0 fully saturated rings. The number of hydrogen-bond acceptors (Lipinski definition) is 6. The van der Waals surface area contributed by atoms with Crippen LogP contribution in [0, 0.1) is 11.6 Å². The third-order valence-electron chi connectivity index (χ3n) is 3.93. The molecule has 10 heteroatoms. The number of rotatable bonds is 7. The minimum atomic E-state index is -1.00. The molecule has 29 heavy (non-hydrogen) atoms. The molecule has 2 aromatic heterocycles. The molecule has 0 aliphatic heterocycles. The van der Waals surface area contributed by atoms with E-state index in [9.17, 15) is 13.6 Å². The van der Waals surface area contributed by atoms with Crippen molar-refractivity contribution in [3.8, 4) is 17.0 Å². The van der Waals surface area contributed by atoms with E-state index >= 15 is 0 Å². The number of hydrogen-bond donors (Lipinski definition) is 2. The summed E-state index contributed by atoms with van der Waals surface area (Å²) in [4.78, 5) is 15.7. The fourth-order valence-electron chi connectivity index (χ4n) is 2.65. The molecule has 2 N–H and O–H groups in total. The van der Waals surface area contributed by atoms with Crippen molar-refractivity contribution in [1.82, 2.24) is 19.9 Å². The second kappa shape index (κ2) is 8.72. The topological polar surface area (TPSA) is 89.8 Å². The molecule has 0 bridgehead atoms. The first kappa shape index (κ1) is 20.3. The molecular formula is C19H21F2N5O3. The summed E-state index contributed by atoms with van der Waals surface area (Å²) in [6, 6.07) is 5.44. The van der Waals surface area contributed by atoms with Gasteiger partial charge < -0.3 is 20.1 Å². The van der Waals surface area contributed by atoms with Gasteiger partial charge in [0, 0.05) is 17.7 Å². The number of alkyl carbamates (subject to hydrolysis) is 1. The van der Waals surface area contributed by atoms with E-state index in [1.807, 2.05) is 13.8 Å². The molecule has 0 spiro atoms. The lowest BCUT2D eigenvalue weighted by Crippen LogP contribution is -2.31. The van der Waals surface area contributed by atoms with Crippen molar-refractivity contribution in [3.63, 3.8) is 0 Å². The number of anilines is 1. The smallest absolute Gasteiger partial charge is 0.407 e. The van der Waals surface area contributed by atoms with Gasteiger partial charge >= 0.3 is 6.09 Å². The zero-order valence-corrected chi connectivity index (χ0v) is 16.2. The van der Waals surface area contributed by atoms with Crippen LogP contribution in [0.1, 0.15) is 13.8 Å². The summed E-state index contributed by atoms with van der Waals surface area (Å²) < 4.78 is 39.0. The standard InChI is InChI=1S/C19H21F2N5O3/c1-11(2)24-19(27)29-7-6-22-17-4-5-18-23-10-15(26(18)25-17)12-8-13(20)14(21)9-16(12)28-3/h4-5,8-11H,6-7H2,1-3H3,(H,22,25)(H,24,27). The Hall–Kier alpha value is -3.43. The number of aromatic nitrogens is 3. The van der Waals surface area contributed by atoms with E-state index in [0.29, 0.717) is 29.3 Å². The molecule has 1 aromatic carbocycles. The highest BCUT2D eigenvalue weighted by atomic mass is 19.2. The molecule has 2 heterocycles. The Morgan fingerprint density at radius 3 is 2.72 bits per heavy atom. The summed E-state index contributed by atoms with van der Waals surface area (Å²) in [6.45, 7) is 4.15. The molecule has 0 atom stereocenters. The van der Waals surface area contributed by atoms with Gasteiger partial charge in [-0.05, 0) is 32.0 Å². The third kappa shape index (κ3) is 4.71. The maximum absolute atomic E-state index is 13.8. The van der Waals surface area contributed by atoms with Crippen LogP contribution in [0.25, 0.3) is 16.9 Å². The lowest BCUT2D eigenvalue weighted by atomic mass is 10.1. The van der Waals surface area contributed by atoms with Crippen molar-refractivity contribution in [1.29, 1.82) is 0 Å². The first-order valence-electron chi connectivity index (χ1n) is 8.94. The maximum Gasteiger partial charge on any atom is 0.407 e. The van der Waals surface area contributed by atoms with Crippen LogP contribution in [0.15, 0.2) is 30.5 Å². The fraction of sp³-hybridized carbons (Fsp3) is 0.316. The number of fused-ring (bicyclic) bond motifs is 1. The number of carbonyl (C=O) groups excluding carboxylic acids is 1. The molecule has 0 aliphatic rings. The Morgan fingerprint density at radius 2 is 2.00 bits per heavy atom. The van der Waals surface area contributed by atoms with Gasteiger partial charge in [-0.25, -0.2) is 23.1 Å². The van der Waals surface area contributed by atoms with Crippen molar-refractivity contribution < 1.29 is 23.0 Å². The monoisotopic (exact) mass is 405 g/mol. The summed E-state index contributed by atoms with van der Waals surface area (Å²) in [5.74, 6) is -1.35. The van der Waals surface area contributed by atoms with E-state index in [0.717, 1.165) is 12.1 Å². The number of amides is 1. The van der Waals surface area contributed by atoms with Gasteiger partial charge in [-0.3, -0.25) is 0 Å². The maximum atomic E-state index is 13.8. The van der Waals surface area contributed by atoms with Gasteiger partial charge in [0.15, 0.2) is 17.3 Å². The van der Waals surface area contributed by atoms with Crippen LogP contribution in [0.4, 0.5) is 19.4 Å². The van der Waals surface area contributed by atoms with E-state index in [-0.39, 0.29) is 18.4 Å². The van der Waals surface area contributed by atoms with Crippen molar-refractivity contribution in [2.75, 3.05) is 25.6 Å². The molecule has 3 rings (SSSR count). The van der Waals surface area contributed by atoms with E-state index in [4.69, 9.17) is 9.47 Å². The second-order valence-corrected chi connectivity index (χ2v) is 6.46. The fourth-order valence-corrected chi connectivity index (χ4v) is 2.65. The Kier molecular flexibility index (Phi) is 6.10. The molecule has 0 saturated heterocycles. The summed E-state index contributed by atoms with van der Waals surface area (Å²) >= 11 is 0. The normalized spacial score (nSPS) is 11.0. The summed E-state index contributed by atoms with van der Waals surface area (Å²) in [6.07, 6.45) is 1.01. The molecule has 3 aromatic rings. The molecule has 1 amide bonds. The van der Waals surface area contributed by atoms with Gasteiger partial charge in [0.2, 0.25) is 0 Å². The quantitative estimate of drug-likeness (QED) is 0.587. The number of imidazole rings is 1. The predicted octanol–water partition coefficient (Wildman–Crippen LogP) is 3.23. The van der Waals surface area contributed by atoms with Crippen LogP contribution in [-0.4, -0.2) is 47.0 Å². The number of ether oxygens (including phenoxy) is 2. The molecule has 0 saturated carbocycles. The molecular weight excluding hydrogens is 384 g/mol. The number of nitrogens with one attached hydrogen (secondary N) is 2. The second-order valence-electron chi connectivity index (χ2n) is 6.46. The van der Waals surface area contributed by atoms with Crippen molar-refractivity contribution in [2.24, 2.45) is 0 Å². The van der Waals surface area contributed by atoms with E-state index in [2.05, 4.69) is 20.7 Å². The Labute approximate surface area is 165 Å². The lowest BCUT2D eigenvalue weighted by molar-refractivity contribution is 0.148. The van der Waals surface area contributed by atoms with Gasteiger partial charge in [0.25, 0.3) is 0 Å². The molecule has 154 valence electrons. The number of halogens is 2. The summed E-state index contributed by atoms with van der Waals surface area (Å²) in [5, 5.41) is 10.1. The van der Waals surface area contributed by atoms with E-state index < -0.39 is 17.7 Å². The largest absolute Gasteiger partial charge is 0.496 e. The van der Waals surface area contributed by atoms with Crippen LogP contribution in [0.2, 0.25) is 0 Å². The highest BCUT2D eigenvalue weighted by Crippen LogP contribution is 2.32. The summed E-state index contributed by atoms with van der Waals surface area (Å²) in [7, 11) is 1.37.